The van der Waals surface area contributed by atoms with Gasteiger partial charge in [-0.3, -0.25) is 0 Å². The van der Waals surface area contributed by atoms with Gasteiger partial charge in [0.2, 0.25) is 5.88 Å². The number of anilines is 1. The van der Waals surface area contributed by atoms with Crippen molar-refractivity contribution in [1.29, 1.82) is 0 Å². The van der Waals surface area contributed by atoms with Crippen LogP contribution in [0.1, 0.15) is 31.4 Å². The Morgan fingerprint density at radius 2 is 1.95 bits per heavy atom. The van der Waals surface area contributed by atoms with Gasteiger partial charge in [-0.2, -0.15) is 0 Å². The first-order valence-corrected chi connectivity index (χ1v) is 6.65. The maximum absolute atomic E-state index is 5.29. The van der Waals surface area contributed by atoms with Crippen LogP contribution in [0.2, 0.25) is 0 Å². The number of rotatable bonds is 6. The molecule has 1 heterocycles. The highest BCUT2D eigenvalue weighted by Gasteiger charge is 2.12. The molecule has 0 aliphatic rings. The lowest BCUT2D eigenvalue weighted by molar-refractivity contribution is 0.399. The highest BCUT2D eigenvalue weighted by atomic mass is 16.5. The molecule has 0 radical (unpaired) electrons. The third-order valence-corrected chi connectivity index (χ3v) is 3.07. The molecule has 0 aliphatic carbocycles. The monoisotopic (exact) mass is 256 g/mol. The Morgan fingerprint density at radius 3 is 2.63 bits per heavy atom. The van der Waals surface area contributed by atoms with Crippen molar-refractivity contribution < 1.29 is 4.74 Å². The van der Waals surface area contributed by atoms with Crippen molar-refractivity contribution in [3.63, 3.8) is 0 Å². The van der Waals surface area contributed by atoms with Gasteiger partial charge in [0, 0.05) is 6.20 Å². The smallest absolute Gasteiger partial charge is 0.237 e. The Balaban J connectivity index is 2.21. The zero-order valence-corrected chi connectivity index (χ0v) is 11.5. The number of ether oxygens (including phenoxy) is 1. The second-order valence-corrected chi connectivity index (χ2v) is 4.46. The van der Waals surface area contributed by atoms with Crippen LogP contribution in [-0.4, -0.2) is 12.1 Å². The molecule has 100 valence electrons. The minimum Gasteiger partial charge on any atom is -0.480 e. The summed E-state index contributed by atoms with van der Waals surface area (Å²) in [6.45, 7) is 2.19. The second kappa shape index (κ2) is 6.78. The average molecular weight is 256 g/mol. The molecule has 1 unspecified atom stereocenters. The topological polar surface area (TPSA) is 34.2 Å². The largest absolute Gasteiger partial charge is 0.480 e. The summed E-state index contributed by atoms with van der Waals surface area (Å²) < 4.78 is 5.29. The van der Waals surface area contributed by atoms with E-state index in [9.17, 15) is 0 Å². The summed E-state index contributed by atoms with van der Waals surface area (Å²) in [5.41, 5.74) is 2.22. The summed E-state index contributed by atoms with van der Waals surface area (Å²) >= 11 is 0. The van der Waals surface area contributed by atoms with Crippen LogP contribution < -0.4 is 10.1 Å². The molecule has 3 heteroatoms. The lowest BCUT2D eigenvalue weighted by Crippen LogP contribution is -2.11. The minimum atomic E-state index is 0.282. The van der Waals surface area contributed by atoms with Crippen molar-refractivity contribution in [3.05, 3.63) is 54.2 Å². The van der Waals surface area contributed by atoms with Crippen LogP contribution in [0.3, 0.4) is 0 Å². The molecule has 0 fully saturated rings. The quantitative estimate of drug-likeness (QED) is 0.846. The van der Waals surface area contributed by atoms with E-state index in [0.717, 1.165) is 18.5 Å². The summed E-state index contributed by atoms with van der Waals surface area (Å²) in [6.07, 6.45) is 3.93. The van der Waals surface area contributed by atoms with Gasteiger partial charge >= 0.3 is 0 Å². The van der Waals surface area contributed by atoms with Crippen molar-refractivity contribution in [1.82, 2.24) is 4.98 Å². The molecule has 0 bridgehead atoms. The summed E-state index contributed by atoms with van der Waals surface area (Å²) in [6, 6.07) is 14.7. The van der Waals surface area contributed by atoms with E-state index in [1.54, 1.807) is 13.3 Å². The van der Waals surface area contributed by atoms with E-state index >= 15 is 0 Å². The molecule has 0 aliphatic heterocycles. The molecule has 0 spiro atoms. The van der Waals surface area contributed by atoms with Gasteiger partial charge in [-0.25, -0.2) is 4.98 Å². The van der Waals surface area contributed by atoms with E-state index in [0.29, 0.717) is 5.88 Å². The standard InChI is InChI=1S/C16H20N2O/c1-3-8-14(13-9-5-4-6-10-13)18-15-11-7-12-17-16(15)19-2/h4-7,9-12,14,18H,3,8H2,1-2H3. The molecular formula is C16H20N2O. The third kappa shape index (κ3) is 3.47. The lowest BCUT2D eigenvalue weighted by Gasteiger charge is -2.20. The number of nitrogens with one attached hydrogen (secondary N) is 1. The number of methoxy groups -OCH3 is 1. The molecule has 1 aromatic carbocycles. The van der Waals surface area contributed by atoms with Crippen molar-refractivity contribution in [2.45, 2.75) is 25.8 Å². The molecule has 0 amide bonds. The van der Waals surface area contributed by atoms with Crippen molar-refractivity contribution in [2.24, 2.45) is 0 Å². The van der Waals surface area contributed by atoms with Gasteiger partial charge in [0.15, 0.2) is 0 Å². The molecule has 1 N–H and O–H groups in total. The first-order chi connectivity index (χ1) is 9.35. The van der Waals surface area contributed by atoms with Crippen LogP contribution in [0.15, 0.2) is 48.7 Å². The van der Waals surface area contributed by atoms with E-state index < -0.39 is 0 Å². The van der Waals surface area contributed by atoms with Crippen molar-refractivity contribution in [3.8, 4) is 5.88 Å². The fourth-order valence-electron chi connectivity index (χ4n) is 2.15. The summed E-state index contributed by atoms with van der Waals surface area (Å²) in [5, 5.41) is 3.53. The molecule has 1 atom stereocenters. The Labute approximate surface area is 114 Å². The third-order valence-electron chi connectivity index (χ3n) is 3.07. The summed E-state index contributed by atoms with van der Waals surface area (Å²) in [7, 11) is 1.64. The lowest BCUT2D eigenvalue weighted by atomic mass is 10.0. The summed E-state index contributed by atoms with van der Waals surface area (Å²) in [4.78, 5) is 4.22. The normalized spacial score (nSPS) is 11.9. The van der Waals surface area contributed by atoms with Crippen LogP contribution in [0, 0.1) is 0 Å². The van der Waals surface area contributed by atoms with Crippen LogP contribution in [0.25, 0.3) is 0 Å². The van der Waals surface area contributed by atoms with E-state index in [1.807, 2.05) is 18.2 Å². The molecule has 2 aromatic rings. The van der Waals surface area contributed by atoms with E-state index in [2.05, 4.69) is 41.5 Å². The van der Waals surface area contributed by atoms with Crippen LogP contribution in [-0.2, 0) is 0 Å². The minimum absolute atomic E-state index is 0.282. The number of hydrogen-bond donors (Lipinski definition) is 1. The first kappa shape index (κ1) is 13.4. The predicted molar refractivity (Wildman–Crippen MR) is 78.5 cm³/mol. The molecule has 2 rings (SSSR count). The molecule has 19 heavy (non-hydrogen) atoms. The highest BCUT2D eigenvalue weighted by molar-refractivity contribution is 5.53. The maximum atomic E-state index is 5.29. The van der Waals surface area contributed by atoms with E-state index in [4.69, 9.17) is 4.74 Å². The van der Waals surface area contributed by atoms with Crippen LogP contribution in [0.4, 0.5) is 5.69 Å². The summed E-state index contributed by atoms with van der Waals surface area (Å²) in [5.74, 6) is 0.638. The van der Waals surface area contributed by atoms with Gasteiger partial charge in [-0.1, -0.05) is 43.7 Å². The maximum Gasteiger partial charge on any atom is 0.237 e. The van der Waals surface area contributed by atoms with Gasteiger partial charge < -0.3 is 10.1 Å². The van der Waals surface area contributed by atoms with Gasteiger partial charge in [-0.05, 0) is 24.1 Å². The van der Waals surface area contributed by atoms with Crippen LogP contribution >= 0.6 is 0 Å². The zero-order valence-electron chi connectivity index (χ0n) is 11.5. The van der Waals surface area contributed by atoms with E-state index in [1.165, 1.54) is 5.56 Å². The fourth-order valence-corrected chi connectivity index (χ4v) is 2.15. The molecule has 0 saturated carbocycles. The number of hydrogen-bond acceptors (Lipinski definition) is 3. The first-order valence-electron chi connectivity index (χ1n) is 6.65. The molecule has 3 nitrogen and oxygen atoms in total. The predicted octanol–water partition coefficient (Wildman–Crippen LogP) is 4.04. The molecule has 1 aromatic heterocycles. The highest BCUT2D eigenvalue weighted by Crippen LogP contribution is 2.28. The van der Waals surface area contributed by atoms with E-state index in [-0.39, 0.29) is 6.04 Å². The zero-order chi connectivity index (χ0) is 13.5. The Hall–Kier alpha value is -2.03. The van der Waals surface area contributed by atoms with Crippen LogP contribution in [0.5, 0.6) is 5.88 Å². The molecule has 0 saturated heterocycles. The Morgan fingerprint density at radius 1 is 1.16 bits per heavy atom. The Kier molecular flexibility index (Phi) is 4.78. The number of nitrogens with zero attached hydrogens (tertiary/aromatic N) is 1. The van der Waals surface area contributed by atoms with Gasteiger partial charge in [-0.15, -0.1) is 0 Å². The second-order valence-electron chi connectivity index (χ2n) is 4.46. The number of pyridine rings is 1. The van der Waals surface area contributed by atoms with Gasteiger partial charge in [0.25, 0.3) is 0 Å². The number of benzene rings is 1. The van der Waals surface area contributed by atoms with Gasteiger partial charge in [0.1, 0.15) is 0 Å². The Bertz CT molecular complexity index is 499. The average Bonchev–Trinajstić information content (AvgIpc) is 2.48. The van der Waals surface area contributed by atoms with Gasteiger partial charge in [0.05, 0.1) is 18.8 Å². The molecular weight excluding hydrogens is 236 g/mol. The fraction of sp³-hybridized carbons (Fsp3) is 0.312. The SMILES string of the molecule is CCCC(Nc1cccnc1OC)c1ccccc1. The number of aromatic nitrogens is 1. The van der Waals surface area contributed by atoms with Crippen molar-refractivity contribution >= 4 is 5.69 Å². The van der Waals surface area contributed by atoms with Crippen molar-refractivity contribution in [2.75, 3.05) is 12.4 Å².